The number of hydrogen-bond acceptors (Lipinski definition) is 2. The maximum absolute atomic E-state index is 9.47. The third-order valence-electron chi connectivity index (χ3n) is 2.19. The number of phenols is 1. The Morgan fingerprint density at radius 2 is 2.25 bits per heavy atom. The molecule has 12 heavy (non-hydrogen) atoms. The number of phenolic OH excluding ortho intramolecular Hbond substituents is 1. The summed E-state index contributed by atoms with van der Waals surface area (Å²) < 4.78 is 0. The molecule has 0 saturated carbocycles. The van der Waals surface area contributed by atoms with Crippen molar-refractivity contribution in [2.24, 2.45) is 0 Å². The first-order chi connectivity index (χ1) is 5.77. The van der Waals surface area contributed by atoms with Crippen LogP contribution in [0.5, 0.6) is 5.75 Å². The smallest absolute Gasteiger partial charge is 0.120 e. The quantitative estimate of drug-likeness (QED) is 0.699. The van der Waals surface area contributed by atoms with Crippen molar-refractivity contribution in [1.29, 1.82) is 0 Å². The lowest BCUT2D eigenvalue weighted by molar-refractivity contribution is 0.364. The van der Waals surface area contributed by atoms with Crippen molar-refractivity contribution < 1.29 is 5.11 Å². The Morgan fingerprint density at radius 1 is 1.50 bits per heavy atom. The monoisotopic (exact) mass is 183 g/mol. The van der Waals surface area contributed by atoms with Crippen LogP contribution in [-0.4, -0.2) is 11.7 Å². The van der Waals surface area contributed by atoms with E-state index in [1.54, 1.807) is 12.1 Å². The van der Waals surface area contributed by atoms with Crippen molar-refractivity contribution in [3.63, 3.8) is 0 Å². The molecule has 2 nitrogen and oxygen atoms in total. The highest BCUT2D eigenvalue weighted by Gasteiger charge is 2.21. The number of aromatic hydroxyl groups is 1. The summed E-state index contributed by atoms with van der Waals surface area (Å²) in [5, 5.41) is 13.4. The fraction of sp³-hybridized carbons (Fsp3) is 0.333. The third-order valence-corrected chi connectivity index (χ3v) is 2.42. The van der Waals surface area contributed by atoms with Crippen LogP contribution < -0.4 is 5.32 Å². The lowest BCUT2D eigenvalue weighted by Crippen LogP contribution is -2.34. The molecule has 3 heteroatoms. The van der Waals surface area contributed by atoms with Gasteiger partial charge in [-0.05, 0) is 31.2 Å². The summed E-state index contributed by atoms with van der Waals surface area (Å²) in [5.41, 5.74) is 0.911. The predicted octanol–water partition coefficient (Wildman–Crippen LogP) is 2.08. The highest BCUT2D eigenvalue weighted by atomic mass is 35.5. The van der Waals surface area contributed by atoms with Crippen LogP contribution in [0.1, 0.15) is 18.0 Å². The highest BCUT2D eigenvalue weighted by Crippen LogP contribution is 2.32. The van der Waals surface area contributed by atoms with Gasteiger partial charge in [-0.25, -0.2) is 0 Å². The normalized spacial score (nSPS) is 21.9. The summed E-state index contributed by atoms with van der Waals surface area (Å²) >= 11 is 5.80. The summed E-state index contributed by atoms with van der Waals surface area (Å²) in [6, 6.07) is 5.44. The van der Waals surface area contributed by atoms with Crippen molar-refractivity contribution in [3.8, 4) is 5.75 Å². The second kappa shape index (κ2) is 2.96. The number of nitrogens with one attached hydrogen (secondary N) is 1. The van der Waals surface area contributed by atoms with Crippen molar-refractivity contribution in [1.82, 2.24) is 5.32 Å². The fourth-order valence-electron chi connectivity index (χ4n) is 1.36. The van der Waals surface area contributed by atoms with Crippen LogP contribution in [0, 0.1) is 0 Å². The Balaban J connectivity index is 2.34. The minimum absolute atomic E-state index is 0.295. The summed E-state index contributed by atoms with van der Waals surface area (Å²) in [6.07, 6.45) is 1.08. The number of hydrogen-bond donors (Lipinski definition) is 2. The Kier molecular flexibility index (Phi) is 1.95. The summed E-state index contributed by atoms with van der Waals surface area (Å²) in [6.45, 7) is 1.02. The molecule has 0 radical (unpaired) electrons. The van der Waals surface area contributed by atoms with E-state index in [0.717, 1.165) is 18.5 Å². The zero-order chi connectivity index (χ0) is 8.55. The predicted molar refractivity (Wildman–Crippen MR) is 48.5 cm³/mol. The van der Waals surface area contributed by atoms with Gasteiger partial charge in [0.2, 0.25) is 0 Å². The Labute approximate surface area is 76.2 Å². The first-order valence-electron chi connectivity index (χ1n) is 3.99. The van der Waals surface area contributed by atoms with Gasteiger partial charge in [0.25, 0.3) is 0 Å². The molecular formula is C9H10ClNO. The van der Waals surface area contributed by atoms with Crippen molar-refractivity contribution in [2.45, 2.75) is 12.5 Å². The fourth-order valence-corrected chi connectivity index (χ4v) is 1.54. The topological polar surface area (TPSA) is 32.3 Å². The molecule has 1 atom stereocenters. The highest BCUT2D eigenvalue weighted by molar-refractivity contribution is 6.30. The van der Waals surface area contributed by atoms with Gasteiger partial charge in [-0.2, -0.15) is 0 Å². The van der Waals surface area contributed by atoms with Crippen LogP contribution in [0.2, 0.25) is 5.02 Å². The summed E-state index contributed by atoms with van der Waals surface area (Å²) in [5.74, 6) is 0.330. The molecule has 0 aromatic heterocycles. The van der Waals surface area contributed by atoms with Crippen molar-refractivity contribution in [2.75, 3.05) is 6.54 Å². The van der Waals surface area contributed by atoms with E-state index >= 15 is 0 Å². The standard InChI is InChI=1S/C9H10ClNO/c10-6-1-2-9(12)7(5-6)8-3-4-11-8/h1-2,5,8,11-12H,3-4H2. The third kappa shape index (κ3) is 1.28. The molecule has 0 amide bonds. The minimum Gasteiger partial charge on any atom is -0.508 e. The Morgan fingerprint density at radius 3 is 2.83 bits per heavy atom. The van der Waals surface area contributed by atoms with Gasteiger partial charge >= 0.3 is 0 Å². The van der Waals surface area contributed by atoms with E-state index in [2.05, 4.69) is 5.32 Å². The molecule has 1 unspecified atom stereocenters. The Hall–Kier alpha value is -0.730. The van der Waals surface area contributed by atoms with Crippen LogP contribution in [-0.2, 0) is 0 Å². The van der Waals surface area contributed by atoms with Gasteiger partial charge < -0.3 is 10.4 Å². The first-order valence-corrected chi connectivity index (χ1v) is 4.37. The van der Waals surface area contributed by atoms with Gasteiger partial charge in [0.15, 0.2) is 0 Å². The zero-order valence-corrected chi connectivity index (χ0v) is 7.30. The zero-order valence-electron chi connectivity index (χ0n) is 6.55. The van der Waals surface area contributed by atoms with Crippen molar-refractivity contribution in [3.05, 3.63) is 28.8 Å². The molecular weight excluding hydrogens is 174 g/mol. The lowest BCUT2D eigenvalue weighted by atomic mass is 9.97. The molecule has 1 heterocycles. The molecule has 2 N–H and O–H groups in total. The molecule has 1 fully saturated rings. The van der Waals surface area contributed by atoms with E-state index in [0.29, 0.717) is 16.8 Å². The molecule has 0 aliphatic carbocycles. The molecule has 0 bridgehead atoms. The molecule has 1 aromatic carbocycles. The van der Waals surface area contributed by atoms with E-state index in [9.17, 15) is 5.11 Å². The first kappa shape index (κ1) is 7.90. The van der Waals surface area contributed by atoms with Gasteiger partial charge in [0.1, 0.15) is 5.75 Å². The van der Waals surface area contributed by atoms with E-state index in [-0.39, 0.29) is 0 Å². The molecule has 1 aliphatic rings. The van der Waals surface area contributed by atoms with Crippen LogP contribution in [0.3, 0.4) is 0 Å². The molecule has 0 spiro atoms. The molecule has 1 saturated heterocycles. The molecule has 2 rings (SSSR count). The van der Waals surface area contributed by atoms with E-state index in [1.165, 1.54) is 0 Å². The van der Waals surface area contributed by atoms with Gasteiger partial charge in [0, 0.05) is 16.6 Å². The van der Waals surface area contributed by atoms with Gasteiger partial charge in [-0.15, -0.1) is 0 Å². The lowest BCUT2D eigenvalue weighted by Gasteiger charge is -2.28. The minimum atomic E-state index is 0.295. The van der Waals surface area contributed by atoms with E-state index in [1.807, 2.05) is 6.07 Å². The van der Waals surface area contributed by atoms with E-state index in [4.69, 9.17) is 11.6 Å². The van der Waals surface area contributed by atoms with Crippen molar-refractivity contribution >= 4 is 11.6 Å². The van der Waals surface area contributed by atoms with E-state index < -0.39 is 0 Å². The van der Waals surface area contributed by atoms with Crippen LogP contribution in [0.4, 0.5) is 0 Å². The van der Waals surface area contributed by atoms with Gasteiger partial charge in [0.05, 0.1) is 0 Å². The van der Waals surface area contributed by atoms with Crippen LogP contribution >= 0.6 is 11.6 Å². The molecule has 1 aliphatic heterocycles. The molecule has 1 aromatic rings. The van der Waals surface area contributed by atoms with Gasteiger partial charge in [-0.3, -0.25) is 0 Å². The number of rotatable bonds is 1. The van der Waals surface area contributed by atoms with Crippen LogP contribution in [0.25, 0.3) is 0 Å². The average Bonchev–Trinajstić information content (AvgIpc) is 1.93. The number of halogens is 1. The summed E-state index contributed by atoms with van der Waals surface area (Å²) in [7, 11) is 0. The number of benzene rings is 1. The maximum atomic E-state index is 9.47. The van der Waals surface area contributed by atoms with Crippen LogP contribution in [0.15, 0.2) is 18.2 Å². The average molecular weight is 184 g/mol. The maximum Gasteiger partial charge on any atom is 0.120 e. The largest absolute Gasteiger partial charge is 0.508 e. The Bertz CT molecular complexity index is 297. The van der Waals surface area contributed by atoms with Gasteiger partial charge in [-0.1, -0.05) is 11.6 Å². The summed E-state index contributed by atoms with van der Waals surface area (Å²) in [4.78, 5) is 0. The second-order valence-corrected chi connectivity index (χ2v) is 3.43. The SMILES string of the molecule is Oc1ccc(Cl)cc1C1CCN1. The molecule has 64 valence electrons. The second-order valence-electron chi connectivity index (χ2n) is 3.00.